The molecule has 0 bridgehead atoms. The monoisotopic (exact) mass is 257 g/mol. The van der Waals surface area contributed by atoms with E-state index in [1.165, 1.54) is 12.8 Å². The Bertz CT molecular complexity index is 475. The summed E-state index contributed by atoms with van der Waals surface area (Å²) in [6.07, 6.45) is 3.43. The van der Waals surface area contributed by atoms with Crippen molar-refractivity contribution in [1.82, 2.24) is 10.2 Å². The first kappa shape index (κ1) is 13.6. The van der Waals surface area contributed by atoms with Gasteiger partial charge in [-0.3, -0.25) is 9.69 Å². The minimum absolute atomic E-state index is 0.0444. The molecule has 1 N–H and O–H groups in total. The zero-order valence-corrected chi connectivity index (χ0v) is 11.2. The fourth-order valence-corrected chi connectivity index (χ4v) is 2.37. The van der Waals surface area contributed by atoms with Gasteiger partial charge < -0.3 is 5.32 Å². The fourth-order valence-electron chi connectivity index (χ4n) is 2.37. The van der Waals surface area contributed by atoms with E-state index in [2.05, 4.69) is 23.2 Å². The number of unbranched alkanes of at least 4 members (excludes halogenated alkanes) is 2. The van der Waals surface area contributed by atoms with Crippen LogP contribution in [0.5, 0.6) is 0 Å². The summed E-state index contributed by atoms with van der Waals surface area (Å²) in [5, 5.41) is 11.8. The first-order valence-electron chi connectivity index (χ1n) is 6.78. The Labute approximate surface area is 114 Å². The van der Waals surface area contributed by atoms with Crippen molar-refractivity contribution < 1.29 is 4.79 Å². The van der Waals surface area contributed by atoms with E-state index < -0.39 is 0 Å². The van der Waals surface area contributed by atoms with E-state index in [-0.39, 0.29) is 12.1 Å². The van der Waals surface area contributed by atoms with Gasteiger partial charge in [0.05, 0.1) is 18.2 Å². The molecule has 4 heteroatoms. The van der Waals surface area contributed by atoms with Crippen LogP contribution in [0, 0.1) is 11.3 Å². The topological polar surface area (TPSA) is 56.1 Å². The van der Waals surface area contributed by atoms with Gasteiger partial charge in [0.2, 0.25) is 5.91 Å². The highest BCUT2D eigenvalue weighted by Crippen LogP contribution is 2.23. The van der Waals surface area contributed by atoms with E-state index in [1.807, 2.05) is 12.1 Å². The highest BCUT2D eigenvalue weighted by atomic mass is 16.2. The Morgan fingerprint density at radius 3 is 2.74 bits per heavy atom. The lowest BCUT2D eigenvalue weighted by molar-refractivity contribution is -0.118. The van der Waals surface area contributed by atoms with Crippen LogP contribution in [0.15, 0.2) is 24.3 Å². The molecule has 1 aromatic carbocycles. The largest absolute Gasteiger partial charge is 0.335 e. The third kappa shape index (κ3) is 3.33. The van der Waals surface area contributed by atoms with Crippen molar-refractivity contribution in [3.05, 3.63) is 35.4 Å². The summed E-state index contributed by atoms with van der Waals surface area (Å²) in [7, 11) is 0. The Morgan fingerprint density at radius 1 is 1.37 bits per heavy atom. The Morgan fingerprint density at radius 2 is 2.11 bits per heavy atom. The zero-order valence-electron chi connectivity index (χ0n) is 11.2. The summed E-state index contributed by atoms with van der Waals surface area (Å²) in [6, 6.07) is 9.53. The molecule has 19 heavy (non-hydrogen) atoms. The maximum atomic E-state index is 11.6. The molecular weight excluding hydrogens is 238 g/mol. The van der Waals surface area contributed by atoms with Gasteiger partial charge in [0.25, 0.3) is 0 Å². The normalized spacial score (nSPS) is 19.2. The Balaban J connectivity index is 2.07. The van der Waals surface area contributed by atoms with Crippen LogP contribution in [0.3, 0.4) is 0 Å². The molecule has 0 unspecified atom stereocenters. The van der Waals surface area contributed by atoms with E-state index in [0.29, 0.717) is 12.1 Å². The van der Waals surface area contributed by atoms with Gasteiger partial charge in [-0.2, -0.15) is 5.26 Å². The van der Waals surface area contributed by atoms with Crippen molar-refractivity contribution in [1.29, 1.82) is 5.26 Å². The molecule has 1 atom stereocenters. The summed E-state index contributed by atoms with van der Waals surface area (Å²) < 4.78 is 0. The van der Waals surface area contributed by atoms with Crippen molar-refractivity contribution >= 4 is 5.91 Å². The van der Waals surface area contributed by atoms with Crippen LogP contribution in [0.25, 0.3) is 0 Å². The van der Waals surface area contributed by atoms with Gasteiger partial charge in [0.15, 0.2) is 0 Å². The second-order valence-corrected chi connectivity index (χ2v) is 4.88. The Kier molecular flexibility index (Phi) is 4.53. The number of hydrogen-bond acceptors (Lipinski definition) is 3. The fraction of sp³-hybridized carbons (Fsp3) is 0.467. The summed E-state index contributed by atoms with van der Waals surface area (Å²) in [5.41, 5.74) is 1.69. The van der Waals surface area contributed by atoms with Gasteiger partial charge in [-0.25, -0.2) is 0 Å². The van der Waals surface area contributed by atoms with Gasteiger partial charge in [0.1, 0.15) is 6.17 Å². The van der Waals surface area contributed by atoms with Crippen LogP contribution < -0.4 is 5.32 Å². The number of nitrogens with one attached hydrogen (secondary N) is 1. The predicted molar refractivity (Wildman–Crippen MR) is 73.1 cm³/mol. The molecule has 1 amide bonds. The van der Waals surface area contributed by atoms with Crippen molar-refractivity contribution in [3.63, 3.8) is 0 Å². The van der Waals surface area contributed by atoms with E-state index >= 15 is 0 Å². The van der Waals surface area contributed by atoms with Crippen molar-refractivity contribution in [2.75, 3.05) is 13.1 Å². The third-order valence-corrected chi connectivity index (χ3v) is 3.41. The van der Waals surface area contributed by atoms with Crippen LogP contribution in [0.4, 0.5) is 0 Å². The molecule has 0 spiro atoms. The van der Waals surface area contributed by atoms with Crippen LogP contribution in [-0.2, 0) is 4.79 Å². The van der Waals surface area contributed by atoms with Crippen molar-refractivity contribution in [2.24, 2.45) is 0 Å². The summed E-state index contributed by atoms with van der Waals surface area (Å²) in [4.78, 5) is 13.8. The summed E-state index contributed by atoms with van der Waals surface area (Å²) in [6.45, 7) is 3.57. The molecule has 1 heterocycles. The number of benzene rings is 1. The van der Waals surface area contributed by atoms with Crippen LogP contribution in [-0.4, -0.2) is 23.9 Å². The lowest BCUT2D eigenvalue weighted by atomic mass is 10.1. The average Bonchev–Trinajstić information content (AvgIpc) is 2.80. The summed E-state index contributed by atoms with van der Waals surface area (Å²) in [5.74, 6) is 0.0749. The second-order valence-electron chi connectivity index (χ2n) is 4.88. The van der Waals surface area contributed by atoms with Gasteiger partial charge in [0, 0.05) is 6.54 Å². The van der Waals surface area contributed by atoms with Gasteiger partial charge in [-0.15, -0.1) is 0 Å². The first-order chi connectivity index (χ1) is 9.24. The molecule has 0 radical (unpaired) electrons. The molecule has 1 fully saturated rings. The highest BCUT2D eigenvalue weighted by molar-refractivity contribution is 5.80. The first-order valence-corrected chi connectivity index (χ1v) is 6.78. The van der Waals surface area contributed by atoms with Crippen LogP contribution in [0.2, 0.25) is 0 Å². The van der Waals surface area contributed by atoms with Crippen LogP contribution >= 0.6 is 0 Å². The van der Waals surface area contributed by atoms with Gasteiger partial charge in [-0.1, -0.05) is 31.9 Å². The smallest absolute Gasteiger partial charge is 0.235 e. The minimum atomic E-state index is -0.0444. The van der Waals surface area contributed by atoms with Gasteiger partial charge >= 0.3 is 0 Å². The number of rotatable bonds is 5. The molecule has 4 nitrogen and oxygen atoms in total. The average molecular weight is 257 g/mol. The molecule has 0 aliphatic carbocycles. The van der Waals surface area contributed by atoms with E-state index in [4.69, 9.17) is 5.26 Å². The lowest BCUT2D eigenvalue weighted by Gasteiger charge is -2.23. The molecule has 1 aromatic rings. The van der Waals surface area contributed by atoms with Gasteiger partial charge in [-0.05, 0) is 24.1 Å². The number of nitriles is 1. The predicted octanol–water partition coefficient (Wildman–Crippen LogP) is 2.18. The highest BCUT2D eigenvalue weighted by Gasteiger charge is 2.30. The number of carbonyl (C=O) groups excluding carboxylic acids is 1. The van der Waals surface area contributed by atoms with Crippen LogP contribution in [0.1, 0.15) is 43.5 Å². The SMILES string of the molecule is CCCCCN1CC(=O)N[C@@H]1c1ccc(C#N)cc1. The summed E-state index contributed by atoms with van der Waals surface area (Å²) >= 11 is 0. The van der Waals surface area contributed by atoms with Crippen molar-refractivity contribution in [3.8, 4) is 6.07 Å². The molecular formula is C15H19N3O. The zero-order chi connectivity index (χ0) is 13.7. The van der Waals surface area contributed by atoms with Crippen molar-refractivity contribution in [2.45, 2.75) is 32.4 Å². The molecule has 1 saturated heterocycles. The standard InChI is InChI=1S/C15H19N3O/c1-2-3-4-9-18-11-14(19)17-15(18)13-7-5-12(10-16)6-8-13/h5-8,15H,2-4,9,11H2,1H3,(H,17,19)/t15-/m0/s1. The maximum Gasteiger partial charge on any atom is 0.235 e. The second kappa shape index (κ2) is 6.35. The number of hydrogen-bond donors (Lipinski definition) is 1. The molecule has 0 saturated carbocycles. The molecule has 100 valence electrons. The molecule has 0 aromatic heterocycles. The maximum absolute atomic E-state index is 11.6. The molecule has 1 aliphatic rings. The lowest BCUT2D eigenvalue weighted by Crippen LogP contribution is -2.28. The minimum Gasteiger partial charge on any atom is -0.335 e. The quantitative estimate of drug-likeness (QED) is 0.822. The number of nitrogens with zero attached hydrogens (tertiary/aromatic N) is 2. The number of carbonyl (C=O) groups is 1. The van der Waals surface area contributed by atoms with E-state index in [0.717, 1.165) is 18.5 Å². The third-order valence-electron chi connectivity index (χ3n) is 3.41. The number of amides is 1. The van der Waals surface area contributed by atoms with E-state index in [1.54, 1.807) is 12.1 Å². The van der Waals surface area contributed by atoms with E-state index in [9.17, 15) is 4.79 Å². The Hall–Kier alpha value is -1.86. The molecule has 2 rings (SSSR count). The molecule has 1 aliphatic heterocycles.